The molecule has 0 saturated carbocycles. The van der Waals surface area contributed by atoms with Gasteiger partial charge in [0.05, 0.1) is 31.5 Å². The molecular formula is C36H65NO11. The van der Waals surface area contributed by atoms with Gasteiger partial charge in [-0.25, -0.2) is 4.79 Å². The monoisotopic (exact) mass is 687 g/mol. The Morgan fingerprint density at radius 3 is 1.90 bits per heavy atom. The van der Waals surface area contributed by atoms with Crippen LogP contribution in [0.25, 0.3) is 0 Å². The molecule has 1 amide bonds. The number of amides is 1. The molecule has 3 unspecified atom stereocenters. The number of primary amides is 1. The molecule has 48 heavy (non-hydrogen) atoms. The van der Waals surface area contributed by atoms with E-state index in [0.29, 0.717) is 6.42 Å². The Morgan fingerprint density at radius 2 is 1.40 bits per heavy atom. The van der Waals surface area contributed by atoms with Gasteiger partial charge in [0.1, 0.15) is 24.4 Å². The second kappa shape index (κ2) is 24.9. The lowest BCUT2D eigenvalue weighted by Gasteiger charge is -2.34. The topological polar surface area (TPSA) is 168 Å². The fourth-order valence-electron chi connectivity index (χ4n) is 5.95. The Labute approximate surface area is 288 Å². The zero-order chi connectivity index (χ0) is 37.0. The smallest absolute Gasteiger partial charge is 0.404 e. The minimum Gasteiger partial charge on any atom is -0.445 e. The van der Waals surface area contributed by atoms with Crippen molar-refractivity contribution in [2.45, 2.75) is 97.0 Å². The van der Waals surface area contributed by atoms with E-state index in [-0.39, 0.29) is 42.8 Å². The molecule has 0 aliphatic heterocycles. The van der Waals surface area contributed by atoms with E-state index in [4.69, 9.17) is 38.9 Å². The molecule has 0 rings (SSSR count). The lowest BCUT2D eigenvalue weighted by Crippen LogP contribution is -2.50. The van der Waals surface area contributed by atoms with E-state index in [1.807, 2.05) is 53.7 Å². The molecule has 0 aromatic heterocycles. The van der Waals surface area contributed by atoms with Crippen molar-refractivity contribution in [1.29, 1.82) is 0 Å². The van der Waals surface area contributed by atoms with E-state index in [9.17, 15) is 20.1 Å². The molecule has 0 aromatic rings. The number of carbonyl (C=O) groups excluding carboxylic acids is 1. The molecule has 0 heterocycles. The first-order valence-electron chi connectivity index (χ1n) is 16.5. The predicted molar refractivity (Wildman–Crippen MR) is 186 cm³/mol. The maximum absolute atomic E-state index is 11.6. The van der Waals surface area contributed by atoms with E-state index >= 15 is 0 Å². The first kappa shape index (κ1) is 45.9. The van der Waals surface area contributed by atoms with Crippen LogP contribution in [0.5, 0.6) is 0 Å². The first-order valence-corrected chi connectivity index (χ1v) is 16.5. The maximum Gasteiger partial charge on any atom is 0.404 e. The third-order valence-electron chi connectivity index (χ3n) is 8.67. The number of rotatable bonds is 26. The molecule has 0 fully saturated rings. The number of nitrogens with two attached hydrogens (primary N) is 1. The number of allylic oxidation sites excluding steroid dienone is 3. The Hall–Kier alpha value is -2.13. The maximum atomic E-state index is 11.6. The molecule has 0 radical (unpaired) electrons. The highest BCUT2D eigenvalue weighted by atomic mass is 16.7. The van der Waals surface area contributed by atoms with Crippen LogP contribution in [0.1, 0.15) is 48.0 Å². The van der Waals surface area contributed by atoms with E-state index in [0.717, 1.165) is 5.57 Å². The van der Waals surface area contributed by atoms with Crippen LogP contribution in [-0.4, -0.2) is 119 Å². The van der Waals surface area contributed by atoms with Crippen molar-refractivity contribution in [2.75, 3.05) is 48.8 Å². The summed E-state index contributed by atoms with van der Waals surface area (Å²) in [6.07, 6.45) is 4.65. The van der Waals surface area contributed by atoms with Gasteiger partial charge in [0.25, 0.3) is 0 Å². The second-order valence-corrected chi connectivity index (χ2v) is 12.7. The van der Waals surface area contributed by atoms with Crippen LogP contribution < -0.4 is 5.73 Å². The Bertz CT molecular complexity index is 974. The molecule has 0 bridgehead atoms. The average molecular weight is 688 g/mol. The molecule has 0 spiro atoms. The van der Waals surface area contributed by atoms with Crippen molar-refractivity contribution in [2.24, 2.45) is 35.3 Å². The molecule has 280 valence electrons. The fraction of sp³-hybridized carbons (Fsp3) is 0.750. The Morgan fingerprint density at radius 1 is 0.771 bits per heavy atom. The average Bonchev–Trinajstić information content (AvgIpc) is 3.05. The summed E-state index contributed by atoms with van der Waals surface area (Å²) in [6.45, 7) is 15.3. The third kappa shape index (κ3) is 16.1. The van der Waals surface area contributed by atoms with Crippen molar-refractivity contribution < 1.29 is 53.3 Å². The van der Waals surface area contributed by atoms with Gasteiger partial charge >= 0.3 is 6.09 Å². The predicted octanol–water partition coefficient (Wildman–Crippen LogP) is 4.03. The molecular weight excluding hydrogens is 622 g/mol. The van der Waals surface area contributed by atoms with Crippen molar-refractivity contribution in [1.82, 2.24) is 0 Å². The van der Waals surface area contributed by atoms with Gasteiger partial charge < -0.3 is 54.2 Å². The number of ether oxygens (including phenoxy) is 7. The van der Waals surface area contributed by atoms with Crippen molar-refractivity contribution in [3.63, 3.8) is 0 Å². The normalized spacial score (nSPS) is 21.0. The molecule has 0 aliphatic carbocycles. The quantitative estimate of drug-likeness (QED) is 0.0589. The number of aliphatic hydroxyl groups is 3. The first-order chi connectivity index (χ1) is 22.6. The largest absolute Gasteiger partial charge is 0.445 e. The fourth-order valence-corrected chi connectivity index (χ4v) is 5.95. The Balaban J connectivity index is 5.31. The number of aliphatic hydroxyl groups excluding tert-OH is 3. The van der Waals surface area contributed by atoms with E-state index in [1.54, 1.807) is 38.5 Å². The summed E-state index contributed by atoms with van der Waals surface area (Å²) in [5.74, 6) is -1.21. The van der Waals surface area contributed by atoms with E-state index in [1.165, 1.54) is 21.3 Å². The van der Waals surface area contributed by atoms with Gasteiger partial charge in [-0.15, -0.1) is 0 Å². The van der Waals surface area contributed by atoms with Gasteiger partial charge in [0.2, 0.25) is 0 Å². The summed E-state index contributed by atoms with van der Waals surface area (Å²) in [5.41, 5.74) is 6.32. The van der Waals surface area contributed by atoms with Crippen LogP contribution >= 0.6 is 0 Å². The summed E-state index contributed by atoms with van der Waals surface area (Å²) in [5, 5.41) is 32.8. The highest BCUT2D eigenvalue weighted by Gasteiger charge is 2.37. The van der Waals surface area contributed by atoms with Crippen LogP contribution in [-0.2, 0) is 33.2 Å². The van der Waals surface area contributed by atoms with E-state index < -0.39 is 55.1 Å². The van der Waals surface area contributed by atoms with Crippen molar-refractivity contribution >= 4 is 6.09 Å². The molecule has 0 aliphatic rings. The standard InChI is InChI=1S/C36H65NO11/c1-13-14-15-24(4)32(48-36(37)41)27(7)31(40)26(6)19-22(2)18-25(5)30(39)23(3)16-17-28(38)20-47-35(46-12)34(45-11)33(44-10)29(43-9)21-42-8/h13-18,23-35,38-40H,1,19-21H2,2-12H3,(H2,37,41)/b15-14-,17-16-,22-18-/t23-,24-,25-,26-,27-,28+,29?,30-,31+,32-,33?,34?,35-/m0/s1. The molecule has 12 nitrogen and oxygen atoms in total. The molecule has 0 saturated heterocycles. The summed E-state index contributed by atoms with van der Waals surface area (Å²) in [6, 6.07) is 0. The van der Waals surface area contributed by atoms with Crippen molar-refractivity contribution in [3.8, 4) is 0 Å². The summed E-state index contributed by atoms with van der Waals surface area (Å²) in [7, 11) is 7.62. The SMILES string of the molecule is C=C/C=C\[C@H](C)[C@H](OC(N)=O)[C@@H](C)[C@H](O)[C@@H](C)C/C(C)=C\[C@H](C)[C@@H](O)[C@@H](C)/C=C\[C@@H](O)CO[C@H](OC)C(OC)C(OC)C(COC)OC. The lowest BCUT2D eigenvalue weighted by molar-refractivity contribution is -0.236. The van der Waals surface area contributed by atoms with Crippen LogP contribution in [0, 0.1) is 29.6 Å². The minimum absolute atomic E-state index is 0.0854. The number of hydrogen-bond donors (Lipinski definition) is 4. The summed E-state index contributed by atoms with van der Waals surface area (Å²) >= 11 is 0. The molecule has 12 heteroatoms. The van der Waals surface area contributed by atoms with Gasteiger partial charge in [-0.05, 0) is 19.3 Å². The lowest BCUT2D eigenvalue weighted by atomic mass is 9.81. The van der Waals surface area contributed by atoms with Gasteiger partial charge in [-0.1, -0.05) is 83.2 Å². The van der Waals surface area contributed by atoms with Crippen molar-refractivity contribution in [3.05, 3.63) is 48.6 Å². The van der Waals surface area contributed by atoms with Gasteiger partial charge in [-0.3, -0.25) is 0 Å². The highest BCUT2D eigenvalue weighted by molar-refractivity contribution is 5.64. The summed E-state index contributed by atoms with van der Waals surface area (Å²) < 4.78 is 38.6. The second-order valence-electron chi connectivity index (χ2n) is 12.7. The van der Waals surface area contributed by atoms with Crippen LogP contribution in [0.2, 0.25) is 0 Å². The molecule has 5 N–H and O–H groups in total. The highest BCUT2D eigenvalue weighted by Crippen LogP contribution is 2.29. The zero-order valence-corrected chi connectivity index (χ0v) is 31.0. The Kier molecular flexibility index (Phi) is 23.8. The van der Waals surface area contributed by atoms with E-state index in [2.05, 4.69) is 6.58 Å². The number of carbonyl (C=O) groups is 1. The van der Waals surface area contributed by atoms with Crippen LogP contribution in [0.15, 0.2) is 48.6 Å². The van der Waals surface area contributed by atoms with Crippen LogP contribution in [0.3, 0.4) is 0 Å². The minimum atomic E-state index is -0.970. The number of hydrogen-bond acceptors (Lipinski definition) is 11. The van der Waals surface area contributed by atoms with Gasteiger partial charge in [0, 0.05) is 59.2 Å². The zero-order valence-electron chi connectivity index (χ0n) is 31.0. The summed E-state index contributed by atoms with van der Waals surface area (Å²) in [4.78, 5) is 11.6. The van der Waals surface area contributed by atoms with Crippen LogP contribution in [0.4, 0.5) is 4.79 Å². The van der Waals surface area contributed by atoms with Gasteiger partial charge in [0.15, 0.2) is 6.29 Å². The number of methoxy groups -OCH3 is 5. The molecule has 13 atom stereocenters. The molecule has 0 aromatic carbocycles. The third-order valence-corrected chi connectivity index (χ3v) is 8.67. The van der Waals surface area contributed by atoms with Gasteiger partial charge in [-0.2, -0.15) is 0 Å².